The van der Waals surface area contributed by atoms with Crippen molar-refractivity contribution in [2.75, 3.05) is 24.7 Å². The van der Waals surface area contributed by atoms with Crippen molar-refractivity contribution in [1.29, 1.82) is 0 Å². The Morgan fingerprint density at radius 3 is 2.94 bits per heavy atom. The van der Waals surface area contributed by atoms with Crippen LogP contribution >= 0.6 is 0 Å². The van der Waals surface area contributed by atoms with Crippen LogP contribution in [-0.2, 0) is 9.53 Å². The first-order valence-corrected chi connectivity index (χ1v) is 6.02. The molecule has 1 fully saturated rings. The number of amides is 1. The predicted molar refractivity (Wildman–Crippen MR) is 68.2 cm³/mol. The number of para-hydroxylation sites is 1. The number of hydrogen-bond acceptors (Lipinski definition) is 4. The molecular weight excluding hydrogens is 232 g/mol. The summed E-state index contributed by atoms with van der Waals surface area (Å²) in [5, 5.41) is 9.79. The van der Waals surface area contributed by atoms with Crippen molar-refractivity contribution in [1.82, 2.24) is 0 Å². The van der Waals surface area contributed by atoms with Crippen molar-refractivity contribution in [3.63, 3.8) is 0 Å². The first kappa shape index (κ1) is 12.9. The molecule has 18 heavy (non-hydrogen) atoms. The second-order valence-electron chi connectivity index (χ2n) is 4.42. The Bertz CT molecular complexity index is 434. The summed E-state index contributed by atoms with van der Waals surface area (Å²) >= 11 is 0. The first-order chi connectivity index (χ1) is 8.61. The van der Waals surface area contributed by atoms with E-state index >= 15 is 0 Å². The minimum absolute atomic E-state index is 0.295. The highest BCUT2D eigenvalue weighted by Crippen LogP contribution is 2.28. The van der Waals surface area contributed by atoms with Crippen molar-refractivity contribution in [2.24, 2.45) is 5.73 Å². The fourth-order valence-electron chi connectivity index (χ4n) is 2.23. The third kappa shape index (κ3) is 2.47. The minimum atomic E-state index is -0.586. The van der Waals surface area contributed by atoms with Gasteiger partial charge in [0.05, 0.1) is 19.3 Å². The number of aliphatic hydroxyl groups is 1. The number of nitrogens with zero attached hydrogens (tertiary/aromatic N) is 1. The zero-order valence-corrected chi connectivity index (χ0v) is 10.4. The van der Waals surface area contributed by atoms with E-state index in [9.17, 15) is 9.90 Å². The number of carbonyl (C=O) groups is 1. The molecule has 3 N–H and O–H groups in total. The van der Waals surface area contributed by atoms with Crippen molar-refractivity contribution in [3.05, 3.63) is 29.8 Å². The van der Waals surface area contributed by atoms with E-state index in [0.29, 0.717) is 19.8 Å². The van der Waals surface area contributed by atoms with Crippen molar-refractivity contribution in [2.45, 2.75) is 19.1 Å². The molecule has 0 saturated carbocycles. The molecule has 1 aromatic carbocycles. The molecule has 0 bridgehead atoms. The van der Waals surface area contributed by atoms with Gasteiger partial charge in [-0.3, -0.25) is 4.79 Å². The molecule has 0 spiro atoms. The summed E-state index contributed by atoms with van der Waals surface area (Å²) in [5.74, 6) is -0.407. The van der Waals surface area contributed by atoms with E-state index in [-0.39, 0.29) is 0 Å². The lowest BCUT2D eigenvalue weighted by Gasteiger charge is -2.36. The molecule has 0 aliphatic carbocycles. The quantitative estimate of drug-likeness (QED) is 0.815. The predicted octanol–water partition coefficient (Wildman–Crippen LogP) is 0.430. The summed E-state index contributed by atoms with van der Waals surface area (Å²) in [7, 11) is 0. The average Bonchev–Trinajstić information content (AvgIpc) is 2.38. The Labute approximate surface area is 106 Å². The summed E-state index contributed by atoms with van der Waals surface area (Å²) in [6.45, 7) is 3.15. The van der Waals surface area contributed by atoms with Crippen LogP contribution in [0.5, 0.6) is 0 Å². The molecule has 1 amide bonds. The standard InChI is InChI=1S/C13H18N2O3/c1-9(16)10-4-2-3-5-11(10)15-6-7-18-8-12(15)13(14)17/h2-5,9,12,16H,6-8H2,1H3,(H2,14,17). The van der Waals surface area contributed by atoms with E-state index in [0.717, 1.165) is 11.3 Å². The maximum absolute atomic E-state index is 11.5. The molecule has 0 aromatic heterocycles. The zero-order chi connectivity index (χ0) is 13.1. The van der Waals surface area contributed by atoms with Gasteiger partial charge in [0.15, 0.2) is 0 Å². The van der Waals surface area contributed by atoms with E-state index in [1.165, 1.54) is 0 Å². The monoisotopic (exact) mass is 250 g/mol. The summed E-state index contributed by atoms with van der Waals surface area (Å²) in [5.41, 5.74) is 7.04. The number of nitrogens with two attached hydrogens (primary N) is 1. The molecule has 2 atom stereocenters. The molecule has 1 aromatic rings. The van der Waals surface area contributed by atoms with Gasteiger partial charge in [-0.15, -0.1) is 0 Å². The van der Waals surface area contributed by atoms with E-state index in [4.69, 9.17) is 10.5 Å². The van der Waals surface area contributed by atoms with E-state index in [1.54, 1.807) is 6.92 Å². The number of rotatable bonds is 3. The number of carbonyl (C=O) groups excluding carboxylic acids is 1. The van der Waals surface area contributed by atoms with Crippen LogP contribution in [0.25, 0.3) is 0 Å². The van der Waals surface area contributed by atoms with Gasteiger partial charge in [0.2, 0.25) is 5.91 Å². The smallest absolute Gasteiger partial charge is 0.242 e. The minimum Gasteiger partial charge on any atom is -0.389 e. The van der Waals surface area contributed by atoms with Crippen LogP contribution in [-0.4, -0.2) is 36.8 Å². The van der Waals surface area contributed by atoms with Crippen LogP contribution in [0.3, 0.4) is 0 Å². The largest absolute Gasteiger partial charge is 0.389 e. The third-order valence-electron chi connectivity index (χ3n) is 3.15. The Balaban J connectivity index is 2.36. The van der Waals surface area contributed by atoms with Gasteiger partial charge in [0, 0.05) is 17.8 Å². The molecular formula is C13H18N2O3. The maximum Gasteiger partial charge on any atom is 0.242 e. The van der Waals surface area contributed by atoms with Gasteiger partial charge in [-0.25, -0.2) is 0 Å². The van der Waals surface area contributed by atoms with Gasteiger partial charge in [0.1, 0.15) is 6.04 Å². The highest BCUT2D eigenvalue weighted by Gasteiger charge is 2.29. The lowest BCUT2D eigenvalue weighted by Crippen LogP contribution is -2.53. The van der Waals surface area contributed by atoms with E-state index in [1.807, 2.05) is 29.2 Å². The van der Waals surface area contributed by atoms with Gasteiger partial charge in [-0.2, -0.15) is 0 Å². The SMILES string of the molecule is CC(O)c1ccccc1N1CCOCC1C(N)=O. The number of anilines is 1. The molecule has 5 heteroatoms. The van der Waals surface area contributed by atoms with Gasteiger partial charge in [-0.1, -0.05) is 18.2 Å². The molecule has 1 aliphatic rings. The summed E-state index contributed by atoms with van der Waals surface area (Å²) in [6.07, 6.45) is -0.586. The molecule has 1 saturated heterocycles. The van der Waals surface area contributed by atoms with Gasteiger partial charge >= 0.3 is 0 Å². The molecule has 0 radical (unpaired) electrons. The molecule has 98 valence electrons. The van der Waals surface area contributed by atoms with Crippen molar-refractivity contribution >= 4 is 11.6 Å². The van der Waals surface area contributed by atoms with Gasteiger partial charge in [0.25, 0.3) is 0 Å². The van der Waals surface area contributed by atoms with Crippen LogP contribution in [0.1, 0.15) is 18.6 Å². The molecule has 1 aliphatic heterocycles. The molecule has 2 rings (SSSR count). The van der Waals surface area contributed by atoms with Crippen LogP contribution in [0, 0.1) is 0 Å². The van der Waals surface area contributed by atoms with Crippen LogP contribution in [0.4, 0.5) is 5.69 Å². The zero-order valence-electron chi connectivity index (χ0n) is 10.4. The Morgan fingerprint density at radius 1 is 1.56 bits per heavy atom. The van der Waals surface area contributed by atoms with Crippen molar-refractivity contribution in [3.8, 4) is 0 Å². The Morgan fingerprint density at radius 2 is 2.28 bits per heavy atom. The molecule has 1 heterocycles. The Kier molecular flexibility index (Phi) is 3.84. The van der Waals surface area contributed by atoms with Gasteiger partial charge < -0.3 is 20.5 Å². The van der Waals surface area contributed by atoms with Crippen molar-refractivity contribution < 1.29 is 14.6 Å². The average molecular weight is 250 g/mol. The number of benzene rings is 1. The fraction of sp³-hybridized carbons (Fsp3) is 0.462. The number of morpholine rings is 1. The number of hydrogen-bond donors (Lipinski definition) is 2. The highest BCUT2D eigenvalue weighted by atomic mass is 16.5. The van der Waals surface area contributed by atoms with E-state index < -0.39 is 18.1 Å². The number of aliphatic hydroxyl groups excluding tert-OH is 1. The second-order valence-corrected chi connectivity index (χ2v) is 4.42. The fourth-order valence-corrected chi connectivity index (χ4v) is 2.23. The van der Waals surface area contributed by atoms with Crippen LogP contribution in [0.15, 0.2) is 24.3 Å². The highest BCUT2D eigenvalue weighted by molar-refractivity contribution is 5.84. The maximum atomic E-state index is 11.5. The van der Waals surface area contributed by atoms with Crippen LogP contribution in [0.2, 0.25) is 0 Å². The van der Waals surface area contributed by atoms with Gasteiger partial charge in [-0.05, 0) is 13.0 Å². The lowest BCUT2D eigenvalue weighted by molar-refractivity contribution is -0.121. The topological polar surface area (TPSA) is 75.8 Å². The van der Waals surface area contributed by atoms with E-state index in [2.05, 4.69) is 0 Å². The third-order valence-corrected chi connectivity index (χ3v) is 3.15. The summed E-state index contributed by atoms with van der Waals surface area (Å²) in [4.78, 5) is 13.4. The number of primary amides is 1. The first-order valence-electron chi connectivity index (χ1n) is 6.02. The molecule has 5 nitrogen and oxygen atoms in total. The summed E-state index contributed by atoms with van der Waals surface area (Å²) < 4.78 is 5.29. The van der Waals surface area contributed by atoms with Crippen LogP contribution < -0.4 is 10.6 Å². The molecule has 2 unspecified atom stereocenters. The summed E-state index contributed by atoms with van der Waals surface area (Å²) in [6, 6.07) is 7.02. The Hall–Kier alpha value is -1.59. The lowest BCUT2D eigenvalue weighted by atomic mass is 10.0. The second kappa shape index (κ2) is 5.37. The normalized spacial score (nSPS) is 21.7. The number of ether oxygens (including phenoxy) is 1.